The highest BCUT2D eigenvalue weighted by Crippen LogP contribution is 2.21. The Morgan fingerprint density at radius 3 is 2.60 bits per heavy atom. The molecule has 4 nitrogen and oxygen atoms in total. The molecule has 0 spiro atoms. The number of nitrogens with zero attached hydrogens (tertiary/aromatic N) is 2. The summed E-state index contributed by atoms with van der Waals surface area (Å²) >= 11 is 6.00. The van der Waals surface area contributed by atoms with Crippen LogP contribution in [0.2, 0.25) is 5.02 Å². The lowest BCUT2D eigenvalue weighted by Gasteiger charge is -2.10. The molecule has 0 aliphatic rings. The molecular formula is C20H18ClN3O. The highest BCUT2D eigenvalue weighted by Gasteiger charge is 2.13. The third-order valence-electron chi connectivity index (χ3n) is 3.93. The summed E-state index contributed by atoms with van der Waals surface area (Å²) in [7, 11) is 0. The van der Waals surface area contributed by atoms with Crippen LogP contribution in [0.15, 0.2) is 54.7 Å². The number of amides is 1. The van der Waals surface area contributed by atoms with Crippen LogP contribution in [0.4, 0.5) is 5.69 Å². The van der Waals surface area contributed by atoms with Gasteiger partial charge in [0, 0.05) is 23.3 Å². The van der Waals surface area contributed by atoms with Gasteiger partial charge in [0.25, 0.3) is 5.91 Å². The second-order valence-corrected chi connectivity index (χ2v) is 6.30. The Morgan fingerprint density at radius 2 is 1.88 bits per heavy atom. The average Bonchev–Trinajstić information content (AvgIpc) is 2.59. The van der Waals surface area contributed by atoms with Gasteiger partial charge in [0.15, 0.2) is 0 Å². The number of halogens is 1. The van der Waals surface area contributed by atoms with E-state index in [1.54, 1.807) is 18.3 Å². The van der Waals surface area contributed by atoms with Crippen LogP contribution in [-0.4, -0.2) is 15.9 Å². The number of hydrogen-bond acceptors (Lipinski definition) is 3. The Labute approximate surface area is 151 Å². The number of aryl methyl sites for hydroxylation is 2. The van der Waals surface area contributed by atoms with E-state index in [9.17, 15) is 4.79 Å². The number of anilines is 1. The first-order valence-corrected chi connectivity index (χ1v) is 8.34. The molecule has 1 amide bonds. The molecule has 3 rings (SSSR count). The summed E-state index contributed by atoms with van der Waals surface area (Å²) in [6, 6.07) is 15.4. The minimum atomic E-state index is -0.242. The first-order valence-electron chi connectivity index (χ1n) is 7.97. The Balaban J connectivity index is 1.78. The largest absolute Gasteiger partial charge is 0.322 e. The Kier molecular flexibility index (Phi) is 5.10. The molecule has 0 aliphatic carbocycles. The summed E-state index contributed by atoms with van der Waals surface area (Å²) in [5.41, 5.74) is 3.87. The van der Waals surface area contributed by atoms with Gasteiger partial charge in [0.05, 0.1) is 11.3 Å². The fourth-order valence-corrected chi connectivity index (χ4v) is 2.69. The number of carbonyl (C=O) groups excluding carboxylic acids is 1. The van der Waals surface area contributed by atoms with Crippen LogP contribution in [0.25, 0.3) is 0 Å². The highest BCUT2D eigenvalue weighted by atomic mass is 35.5. The zero-order chi connectivity index (χ0) is 17.8. The van der Waals surface area contributed by atoms with Gasteiger partial charge < -0.3 is 5.32 Å². The maximum Gasteiger partial charge on any atom is 0.259 e. The minimum Gasteiger partial charge on any atom is -0.322 e. The van der Waals surface area contributed by atoms with Gasteiger partial charge >= 0.3 is 0 Å². The summed E-state index contributed by atoms with van der Waals surface area (Å²) in [6.07, 6.45) is 2.22. The van der Waals surface area contributed by atoms with Crippen molar-refractivity contribution in [3.63, 3.8) is 0 Å². The molecule has 0 fully saturated rings. The van der Waals surface area contributed by atoms with E-state index in [1.165, 1.54) is 0 Å². The predicted octanol–water partition coefficient (Wildman–Crippen LogP) is 4.59. The van der Waals surface area contributed by atoms with Crippen molar-refractivity contribution in [3.05, 3.63) is 88.0 Å². The van der Waals surface area contributed by atoms with Crippen LogP contribution in [-0.2, 0) is 6.42 Å². The normalized spacial score (nSPS) is 10.5. The molecule has 126 valence electrons. The third-order valence-corrected chi connectivity index (χ3v) is 4.16. The second-order valence-electron chi connectivity index (χ2n) is 5.86. The number of carbonyl (C=O) groups is 1. The molecule has 0 aliphatic heterocycles. The van der Waals surface area contributed by atoms with Gasteiger partial charge in [0.1, 0.15) is 5.82 Å². The van der Waals surface area contributed by atoms with Crippen molar-refractivity contribution < 1.29 is 4.79 Å². The first kappa shape index (κ1) is 17.1. The molecule has 1 N–H and O–H groups in total. The van der Waals surface area contributed by atoms with Crippen molar-refractivity contribution in [2.75, 3.05) is 5.32 Å². The first-order chi connectivity index (χ1) is 12.0. The maximum atomic E-state index is 12.5. The van der Waals surface area contributed by atoms with E-state index in [4.69, 9.17) is 11.6 Å². The smallest absolute Gasteiger partial charge is 0.259 e. The van der Waals surface area contributed by atoms with E-state index in [0.29, 0.717) is 34.2 Å². The second kappa shape index (κ2) is 7.45. The Bertz CT molecular complexity index is 910. The minimum absolute atomic E-state index is 0.242. The fraction of sp³-hybridized carbons (Fsp3) is 0.150. The summed E-state index contributed by atoms with van der Waals surface area (Å²) in [5.74, 6) is 0.452. The summed E-state index contributed by atoms with van der Waals surface area (Å²) in [4.78, 5) is 21.3. The van der Waals surface area contributed by atoms with Crippen molar-refractivity contribution in [2.45, 2.75) is 20.3 Å². The van der Waals surface area contributed by atoms with E-state index >= 15 is 0 Å². The zero-order valence-corrected chi connectivity index (χ0v) is 14.8. The summed E-state index contributed by atoms with van der Waals surface area (Å²) in [5, 5.41) is 3.45. The monoisotopic (exact) mass is 351 g/mol. The van der Waals surface area contributed by atoms with Crippen LogP contribution >= 0.6 is 11.6 Å². The van der Waals surface area contributed by atoms with Gasteiger partial charge in [0.2, 0.25) is 0 Å². The molecule has 5 heteroatoms. The summed E-state index contributed by atoms with van der Waals surface area (Å²) in [6.45, 7) is 3.73. The molecule has 0 bridgehead atoms. The van der Waals surface area contributed by atoms with Gasteiger partial charge in [-0.15, -0.1) is 0 Å². The van der Waals surface area contributed by atoms with E-state index in [2.05, 4.69) is 15.3 Å². The number of hydrogen-bond donors (Lipinski definition) is 1. The van der Waals surface area contributed by atoms with Gasteiger partial charge in [-0.1, -0.05) is 48.0 Å². The molecule has 0 saturated carbocycles. The average molecular weight is 352 g/mol. The number of rotatable bonds is 4. The fourth-order valence-electron chi connectivity index (χ4n) is 2.52. The Hall–Kier alpha value is -2.72. The molecule has 25 heavy (non-hydrogen) atoms. The SMILES string of the molecule is Cc1ccc(Cl)cc1NC(=O)c1cnc(Cc2ccccc2)nc1C. The molecule has 1 heterocycles. The van der Waals surface area contributed by atoms with Crippen LogP contribution in [0.1, 0.15) is 33.0 Å². The third kappa shape index (κ3) is 4.22. The standard InChI is InChI=1S/C20H18ClN3O/c1-13-8-9-16(21)11-18(13)24-20(25)17-12-22-19(23-14(17)2)10-15-6-4-3-5-7-15/h3-9,11-12H,10H2,1-2H3,(H,24,25). The molecular weight excluding hydrogens is 334 g/mol. The topological polar surface area (TPSA) is 54.9 Å². The van der Waals surface area contributed by atoms with Crippen molar-refractivity contribution in [1.29, 1.82) is 0 Å². The van der Waals surface area contributed by atoms with E-state index in [-0.39, 0.29) is 5.91 Å². The van der Waals surface area contributed by atoms with Crippen molar-refractivity contribution in [3.8, 4) is 0 Å². The lowest BCUT2D eigenvalue weighted by Crippen LogP contribution is -2.16. The molecule has 0 saturated heterocycles. The number of aromatic nitrogens is 2. The number of benzene rings is 2. The van der Waals surface area contributed by atoms with Gasteiger partial charge in [-0.25, -0.2) is 9.97 Å². The number of nitrogens with one attached hydrogen (secondary N) is 1. The van der Waals surface area contributed by atoms with E-state index in [1.807, 2.05) is 50.2 Å². The van der Waals surface area contributed by atoms with Gasteiger partial charge in [-0.05, 0) is 37.1 Å². The van der Waals surface area contributed by atoms with Gasteiger partial charge in [-0.2, -0.15) is 0 Å². The predicted molar refractivity (Wildman–Crippen MR) is 100 cm³/mol. The molecule has 2 aromatic carbocycles. The van der Waals surface area contributed by atoms with Crippen LogP contribution < -0.4 is 5.32 Å². The highest BCUT2D eigenvalue weighted by molar-refractivity contribution is 6.31. The molecule has 1 aromatic heterocycles. The van der Waals surface area contributed by atoms with E-state index < -0.39 is 0 Å². The van der Waals surface area contributed by atoms with Crippen molar-refractivity contribution in [1.82, 2.24) is 9.97 Å². The van der Waals surface area contributed by atoms with Crippen LogP contribution in [0.5, 0.6) is 0 Å². The van der Waals surface area contributed by atoms with Crippen LogP contribution in [0.3, 0.4) is 0 Å². The Morgan fingerprint density at radius 1 is 1.12 bits per heavy atom. The van der Waals surface area contributed by atoms with Crippen LogP contribution in [0, 0.1) is 13.8 Å². The maximum absolute atomic E-state index is 12.5. The quantitative estimate of drug-likeness (QED) is 0.748. The lowest BCUT2D eigenvalue weighted by atomic mass is 10.1. The van der Waals surface area contributed by atoms with E-state index in [0.717, 1.165) is 11.1 Å². The molecule has 0 unspecified atom stereocenters. The van der Waals surface area contributed by atoms with Crippen molar-refractivity contribution in [2.24, 2.45) is 0 Å². The van der Waals surface area contributed by atoms with Crippen molar-refractivity contribution >= 4 is 23.2 Å². The lowest BCUT2D eigenvalue weighted by molar-refractivity contribution is 0.102. The molecule has 3 aromatic rings. The summed E-state index contributed by atoms with van der Waals surface area (Å²) < 4.78 is 0. The molecule has 0 atom stereocenters. The molecule has 0 radical (unpaired) electrons. The van der Waals surface area contributed by atoms with Gasteiger partial charge in [-0.3, -0.25) is 4.79 Å². The zero-order valence-electron chi connectivity index (χ0n) is 14.1.